The summed E-state index contributed by atoms with van der Waals surface area (Å²) < 4.78 is 48.1. The molecule has 0 unspecified atom stereocenters. The van der Waals surface area contributed by atoms with E-state index in [-0.39, 0.29) is 4.90 Å². The lowest BCUT2D eigenvalue weighted by molar-refractivity contribution is -0.492. The molecular weight excluding hydrogens is 180 g/mol. The summed E-state index contributed by atoms with van der Waals surface area (Å²) >= 11 is 0. The van der Waals surface area contributed by atoms with Crippen molar-refractivity contribution in [2.24, 2.45) is 0 Å². The van der Waals surface area contributed by atoms with Gasteiger partial charge in [0.05, 0.1) is 21.1 Å². The molecule has 0 aromatic heterocycles. The van der Waals surface area contributed by atoms with Gasteiger partial charge in [-0.2, -0.15) is 0 Å². The summed E-state index contributed by atoms with van der Waals surface area (Å²) in [6.45, 7) is 0. The Morgan fingerprint density at radius 2 is 1.75 bits per heavy atom. The standard InChI is InChI=1S/C5H9F4N2O/c1-10(2)4(12-9)11(3)5(6,7)8/h1-3H3/q+1. The molecule has 72 valence electrons. The third-order valence-electron chi connectivity index (χ3n) is 1.12. The highest BCUT2D eigenvalue weighted by atomic mass is 19.4. The molecule has 7 heteroatoms. The summed E-state index contributed by atoms with van der Waals surface area (Å²) in [5, 5.41) is 0. The molecule has 12 heavy (non-hydrogen) atoms. The van der Waals surface area contributed by atoms with E-state index in [1.54, 1.807) is 0 Å². The second kappa shape index (κ2) is 3.59. The minimum atomic E-state index is -4.65. The highest BCUT2D eigenvalue weighted by molar-refractivity contribution is 5.67. The molecule has 0 atom stereocenters. The van der Waals surface area contributed by atoms with Crippen LogP contribution in [0.4, 0.5) is 17.7 Å². The normalized spacial score (nSPS) is 10.9. The van der Waals surface area contributed by atoms with Gasteiger partial charge in [-0.1, -0.05) is 0 Å². The van der Waals surface area contributed by atoms with Crippen molar-refractivity contribution in [2.45, 2.75) is 6.30 Å². The summed E-state index contributed by atoms with van der Waals surface area (Å²) in [6.07, 6.45) is -4.65. The molecule has 0 aliphatic rings. The summed E-state index contributed by atoms with van der Waals surface area (Å²) in [4.78, 5) is 2.78. The van der Waals surface area contributed by atoms with Gasteiger partial charge in [0, 0.05) is 4.53 Å². The van der Waals surface area contributed by atoms with Crippen molar-refractivity contribution in [1.82, 2.24) is 4.90 Å². The second-order valence-electron chi connectivity index (χ2n) is 2.28. The van der Waals surface area contributed by atoms with Crippen LogP contribution < -0.4 is 0 Å². The summed E-state index contributed by atoms with van der Waals surface area (Å²) in [5.41, 5.74) is 0. The van der Waals surface area contributed by atoms with Crippen LogP contribution in [-0.2, 0) is 4.94 Å². The molecule has 0 aliphatic carbocycles. The lowest BCUT2D eigenvalue weighted by atomic mass is 10.8. The van der Waals surface area contributed by atoms with Crippen molar-refractivity contribution < 1.29 is 27.2 Å². The van der Waals surface area contributed by atoms with Crippen molar-refractivity contribution >= 4 is 6.02 Å². The zero-order chi connectivity index (χ0) is 9.94. The molecule has 3 nitrogen and oxygen atoms in total. The van der Waals surface area contributed by atoms with Crippen molar-refractivity contribution in [3.8, 4) is 0 Å². The Balaban J connectivity index is 4.67. The Labute approximate surface area is 66.7 Å². The fourth-order valence-electron chi connectivity index (χ4n) is 0.529. The highest BCUT2D eigenvalue weighted by Gasteiger charge is 2.46. The quantitative estimate of drug-likeness (QED) is 0.185. The minimum absolute atomic E-state index is 0.271. The van der Waals surface area contributed by atoms with Gasteiger partial charge in [0.2, 0.25) is 0 Å². The van der Waals surface area contributed by atoms with Gasteiger partial charge in [-0.05, 0) is 0 Å². The first-order chi connectivity index (χ1) is 5.30. The molecule has 0 aromatic carbocycles. The predicted octanol–water partition coefficient (Wildman–Crippen LogP) is 0.967. The lowest BCUT2D eigenvalue weighted by Crippen LogP contribution is -2.43. The van der Waals surface area contributed by atoms with Gasteiger partial charge in [0.1, 0.15) is 0 Å². The topological polar surface area (TPSA) is 15.5 Å². The van der Waals surface area contributed by atoms with E-state index in [4.69, 9.17) is 0 Å². The zero-order valence-corrected chi connectivity index (χ0v) is 6.81. The van der Waals surface area contributed by atoms with E-state index in [2.05, 4.69) is 4.94 Å². The van der Waals surface area contributed by atoms with Crippen LogP contribution in [0.2, 0.25) is 0 Å². The van der Waals surface area contributed by atoms with Crippen molar-refractivity contribution in [3.05, 3.63) is 0 Å². The Morgan fingerprint density at radius 1 is 1.33 bits per heavy atom. The van der Waals surface area contributed by atoms with Crippen LogP contribution in [0.3, 0.4) is 0 Å². The fraction of sp³-hybridized carbons (Fsp3) is 0.800. The molecule has 0 aromatic rings. The van der Waals surface area contributed by atoms with Crippen molar-refractivity contribution in [3.63, 3.8) is 0 Å². The largest absolute Gasteiger partial charge is 0.565 e. The predicted molar refractivity (Wildman–Crippen MR) is 33.1 cm³/mol. The number of amidine groups is 1. The summed E-state index contributed by atoms with van der Waals surface area (Å²) in [6, 6.07) is -0.914. The van der Waals surface area contributed by atoms with Crippen LogP contribution in [0.1, 0.15) is 0 Å². The number of hydrogen-bond acceptors (Lipinski definition) is 1. The molecule has 0 radical (unpaired) electrons. The smallest absolute Gasteiger partial charge is 0.232 e. The van der Waals surface area contributed by atoms with Gasteiger partial charge < -0.3 is 0 Å². The maximum atomic E-state index is 11.9. The van der Waals surface area contributed by atoms with Gasteiger partial charge in [0.25, 0.3) is 0 Å². The first-order valence-corrected chi connectivity index (χ1v) is 2.94. The number of alkyl halides is 3. The van der Waals surface area contributed by atoms with Crippen LogP contribution in [-0.4, -0.2) is 42.9 Å². The molecule has 0 N–H and O–H groups in total. The molecule has 0 saturated carbocycles. The molecule has 0 amide bonds. The van der Waals surface area contributed by atoms with Gasteiger partial charge in [-0.25, -0.2) is 9.52 Å². The van der Waals surface area contributed by atoms with Crippen LogP contribution in [0.25, 0.3) is 0 Å². The van der Waals surface area contributed by atoms with Crippen molar-refractivity contribution in [2.75, 3.05) is 21.1 Å². The first-order valence-electron chi connectivity index (χ1n) is 2.94. The van der Waals surface area contributed by atoms with E-state index >= 15 is 0 Å². The summed E-state index contributed by atoms with van der Waals surface area (Å²) in [7, 11) is 3.13. The van der Waals surface area contributed by atoms with Crippen LogP contribution >= 0.6 is 0 Å². The zero-order valence-electron chi connectivity index (χ0n) is 6.81. The van der Waals surface area contributed by atoms with Gasteiger partial charge in [0.15, 0.2) is 0 Å². The van der Waals surface area contributed by atoms with E-state index in [0.717, 1.165) is 4.58 Å². The average molecular weight is 189 g/mol. The average Bonchev–Trinajstić information content (AvgIpc) is 1.86. The number of rotatable bonds is 0. The van der Waals surface area contributed by atoms with E-state index in [1.807, 2.05) is 0 Å². The second-order valence-corrected chi connectivity index (χ2v) is 2.28. The fourth-order valence-corrected chi connectivity index (χ4v) is 0.529. The summed E-state index contributed by atoms with van der Waals surface area (Å²) in [5.74, 6) is 0. The Bertz CT molecular complexity index is 184. The van der Waals surface area contributed by atoms with Crippen LogP contribution in [0, 0.1) is 0 Å². The maximum absolute atomic E-state index is 11.9. The molecule has 0 heterocycles. The first kappa shape index (κ1) is 11.0. The third kappa shape index (κ3) is 2.55. The molecule has 0 rings (SSSR count). The van der Waals surface area contributed by atoms with Crippen LogP contribution in [0.15, 0.2) is 0 Å². The molecular formula is C5H9F4N2O+. The van der Waals surface area contributed by atoms with Gasteiger partial charge in [-0.3, -0.25) is 0 Å². The van der Waals surface area contributed by atoms with Gasteiger partial charge in [-0.15, -0.1) is 18.1 Å². The molecule has 0 saturated heterocycles. The van der Waals surface area contributed by atoms with Crippen molar-refractivity contribution in [1.29, 1.82) is 0 Å². The monoisotopic (exact) mass is 189 g/mol. The SMILES string of the molecule is CN(C(OF)=[N+](C)C)C(F)(F)F. The number of hydrogen-bond donors (Lipinski definition) is 0. The lowest BCUT2D eigenvalue weighted by Gasteiger charge is -2.13. The third-order valence-corrected chi connectivity index (χ3v) is 1.12. The van der Waals surface area contributed by atoms with E-state index in [9.17, 15) is 17.7 Å². The maximum Gasteiger partial charge on any atom is 0.565 e. The Kier molecular flexibility index (Phi) is 3.29. The highest BCUT2D eigenvalue weighted by Crippen LogP contribution is 2.19. The Hall–Kier alpha value is -1.01. The van der Waals surface area contributed by atoms with E-state index in [0.29, 0.717) is 7.05 Å². The molecule has 0 bridgehead atoms. The molecule has 0 fully saturated rings. The number of nitrogens with zero attached hydrogens (tertiary/aromatic N) is 2. The van der Waals surface area contributed by atoms with E-state index < -0.39 is 12.3 Å². The Morgan fingerprint density at radius 3 is 1.83 bits per heavy atom. The minimum Gasteiger partial charge on any atom is -0.232 e. The molecule has 0 spiro atoms. The van der Waals surface area contributed by atoms with E-state index in [1.165, 1.54) is 14.1 Å². The van der Waals surface area contributed by atoms with Crippen LogP contribution in [0.5, 0.6) is 0 Å². The van der Waals surface area contributed by atoms with Gasteiger partial charge >= 0.3 is 12.3 Å². The number of halogens is 4. The molecule has 0 aliphatic heterocycles.